The summed E-state index contributed by atoms with van der Waals surface area (Å²) in [6, 6.07) is 4.72. The van der Waals surface area contributed by atoms with Gasteiger partial charge in [0.1, 0.15) is 12.2 Å². The van der Waals surface area contributed by atoms with E-state index < -0.39 is 6.03 Å². The number of aromatic nitrogens is 2. The first-order valence-electron chi connectivity index (χ1n) is 9.41. The molecule has 0 spiro atoms. The highest BCUT2D eigenvalue weighted by atomic mass is 35.5. The zero-order valence-corrected chi connectivity index (χ0v) is 19.9. The lowest BCUT2D eigenvalue weighted by atomic mass is 10.1. The van der Waals surface area contributed by atoms with Crippen molar-refractivity contribution >= 4 is 51.6 Å². The van der Waals surface area contributed by atoms with Crippen molar-refractivity contribution in [2.45, 2.75) is 26.6 Å². The topological polar surface area (TPSA) is 110 Å². The van der Waals surface area contributed by atoms with Crippen LogP contribution >= 0.6 is 34.5 Å². The Labute approximate surface area is 198 Å². The molecule has 0 aliphatic carbocycles. The van der Waals surface area contributed by atoms with Gasteiger partial charge in [0, 0.05) is 26.1 Å². The lowest BCUT2D eigenvalue weighted by Crippen LogP contribution is -2.28. The Bertz CT molecular complexity index is 1120. The van der Waals surface area contributed by atoms with E-state index in [9.17, 15) is 9.59 Å². The average Bonchev–Trinajstić information content (AvgIpc) is 3.34. The fraction of sp³-hybridized carbons (Fsp3) is 0.300. The maximum absolute atomic E-state index is 12.8. The number of anilines is 1. The zero-order chi connectivity index (χ0) is 23.3. The van der Waals surface area contributed by atoms with Gasteiger partial charge in [-0.15, -0.1) is 11.3 Å². The van der Waals surface area contributed by atoms with E-state index in [1.54, 1.807) is 37.6 Å². The predicted octanol–water partition coefficient (Wildman–Crippen LogP) is 4.49. The number of benzene rings is 1. The summed E-state index contributed by atoms with van der Waals surface area (Å²) in [5.74, 6) is 0.124. The maximum Gasteiger partial charge on any atom is 0.321 e. The van der Waals surface area contributed by atoms with Crippen LogP contribution in [-0.4, -0.2) is 41.1 Å². The number of amides is 3. The standard InChI is InChI=1S/C20H21Cl2N5O4S/c1-11-17(16(9-30-3)31-26-11)18(28)27(2)8-13-10-32-20(24-13)25-19(29)23-7-12-4-5-14(21)15(22)6-12/h4-6,10H,7-9H2,1-3H3,(H2,23,24,25,29). The number of hydrogen-bond donors (Lipinski definition) is 2. The third-order valence-corrected chi connectivity index (χ3v) is 5.92. The zero-order valence-electron chi connectivity index (χ0n) is 17.6. The fourth-order valence-electron chi connectivity index (χ4n) is 2.84. The van der Waals surface area contributed by atoms with E-state index in [2.05, 4.69) is 20.8 Å². The summed E-state index contributed by atoms with van der Waals surface area (Å²) in [6.07, 6.45) is 0. The molecule has 32 heavy (non-hydrogen) atoms. The van der Waals surface area contributed by atoms with Gasteiger partial charge in [-0.05, 0) is 24.6 Å². The van der Waals surface area contributed by atoms with Gasteiger partial charge in [0.25, 0.3) is 5.91 Å². The van der Waals surface area contributed by atoms with Gasteiger partial charge in [0.05, 0.1) is 28.0 Å². The van der Waals surface area contributed by atoms with E-state index in [-0.39, 0.29) is 25.6 Å². The van der Waals surface area contributed by atoms with Crippen LogP contribution in [0.1, 0.15) is 33.1 Å². The Kier molecular flexibility index (Phi) is 8.08. The van der Waals surface area contributed by atoms with Crippen LogP contribution in [0.5, 0.6) is 0 Å². The molecule has 0 saturated heterocycles. The quantitative estimate of drug-likeness (QED) is 0.474. The molecule has 0 saturated carbocycles. The molecule has 0 aliphatic rings. The summed E-state index contributed by atoms with van der Waals surface area (Å²) in [6.45, 7) is 2.38. The number of halogens is 2. The summed E-state index contributed by atoms with van der Waals surface area (Å²) in [7, 11) is 3.17. The minimum atomic E-state index is -0.411. The minimum absolute atomic E-state index is 0.151. The molecule has 9 nitrogen and oxygen atoms in total. The molecule has 12 heteroatoms. The number of ether oxygens (including phenoxy) is 1. The van der Waals surface area contributed by atoms with Crippen molar-refractivity contribution in [2.24, 2.45) is 0 Å². The predicted molar refractivity (Wildman–Crippen MR) is 122 cm³/mol. The monoisotopic (exact) mass is 497 g/mol. The Morgan fingerprint density at radius 3 is 2.78 bits per heavy atom. The molecule has 0 bridgehead atoms. The summed E-state index contributed by atoms with van der Waals surface area (Å²) < 4.78 is 10.2. The fourth-order valence-corrected chi connectivity index (χ4v) is 3.85. The lowest BCUT2D eigenvalue weighted by molar-refractivity contribution is 0.0774. The molecule has 2 aromatic heterocycles. The number of nitrogens with one attached hydrogen (secondary N) is 2. The second-order valence-electron chi connectivity index (χ2n) is 6.86. The first kappa shape index (κ1) is 24.0. The van der Waals surface area contributed by atoms with Gasteiger partial charge in [-0.2, -0.15) is 0 Å². The molecular weight excluding hydrogens is 477 g/mol. The average molecular weight is 498 g/mol. The van der Waals surface area contributed by atoms with Gasteiger partial charge < -0.3 is 19.5 Å². The molecule has 3 rings (SSSR count). The molecule has 170 valence electrons. The van der Waals surface area contributed by atoms with E-state index in [4.69, 9.17) is 32.5 Å². The van der Waals surface area contributed by atoms with Crippen LogP contribution < -0.4 is 10.6 Å². The number of rotatable bonds is 8. The third kappa shape index (κ3) is 5.98. The molecule has 0 unspecified atom stereocenters. The van der Waals surface area contributed by atoms with Crippen LogP contribution in [0.4, 0.5) is 9.93 Å². The number of urea groups is 1. The van der Waals surface area contributed by atoms with Crippen molar-refractivity contribution in [3.8, 4) is 0 Å². The number of methoxy groups -OCH3 is 1. The van der Waals surface area contributed by atoms with E-state index in [0.717, 1.165) is 5.56 Å². The van der Waals surface area contributed by atoms with Crippen LogP contribution in [0.25, 0.3) is 0 Å². The first-order valence-corrected chi connectivity index (χ1v) is 11.0. The van der Waals surface area contributed by atoms with Gasteiger partial charge in [-0.25, -0.2) is 9.78 Å². The Morgan fingerprint density at radius 2 is 2.06 bits per heavy atom. The number of aryl methyl sites for hydroxylation is 1. The molecule has 2 N–H and O–H groups in total. The molecule has 3 aromatic rings. The van der Waals surface area contributed by atoms with Crippen molar-refractivity contribution < 1.29 is 18.8 Å². The Balaban J connectivity index is 1.55. The van der Waals surface area contributed by atoms with Crippen molar-refractivity contribution in [3.63, 3.8) is 0 Å². The highest BCUT2D eigenvalue weighted by molar-refractivity contribution is 7.13. The molecule has 0 aliphatic heterocycles. The number of carbonyl (C=O) groups excluding carboxylic acids is 2. The van der Waals surface area contributed by atoms with Gasteiger partial charge in [-0.3, -0.25) is 10.1 Å². The van der Waals surface area contributed by atoms with Crippen LogP contribution in [-0.2, 0) is 24.4 Å². The van der Waals surface area contributed by atoms with E-state index in [0.29, 0.717) is 37.9 Å². The van der Waals surface area contributed by atoms with E-state index >= 15 is 0 Å². The molecule has 1 aromatic carbocycles. The smallest absolute Gasteiger partial charge is 0.321 e. The molecule has 0 fully saturated rings. The number of nitrogens with zero attached hydrogens (tertiary/aromatic N) is 3. The van der Waals surface area contributed by atoms with Crippen LogP contribution in [0.2, 0.25) is 10.0 Å². The van der Waals surface area contributed by atoms with Gasteiger partial charge in [0.15, 0.2) is 10.9 Å². The summed E-state index contributed by atoms with van der Waals surface area (Å²) in [5.41, 5.74) is 2.32. The largest absolute Gasteiger partial charge is 0.377 e. The van der Waals surface area contributed by atoms with E-state index in [1.807, 2.05) is 0 Å². The molecule has 3 amide bonds. The second-order valence-corrected chi connectivity index (χ2v) is 8.53. The van der Waals surface area contributed by atoms with Crippen LogP contribution in [0.3, 0.4) is 0 Å². The highest BCUT2D eigenvalue weighted by Crippen LogP contribution is 2.23. The Hall–Kier alpha value is -2.66. The molecule has 2 heterocycles. The lowest BCUT2D eigenvalue weighted by Gasteiger charge is -2.15. The highest BCUT2D eigenvalue weighted by Gasteiger charge is 2.24. The SMILES string of the molecule is COCc1onc(C)c1C(=O)N(C)Cc1csc(NC(=O)NCc2ccc(Cl)c(Cl)c2)n1. The van der Waals surface area contributed by atoms with Crippen molar-refractivity contribution in [1.82, 2.24) is 20.4 Å². The maximum atomic E-state index is 12.8. The van der Waals surface area contributed by atoms with Gasteiger partial charge in [0.2, 0.25) is 0 Å². The van der Waals surface area contributed by atoms with Crippen molar-refractivity contribution in [1.29, 1.82) is 0 Å². The minimum Gasteiger partial charge on any atom is -0.377 e. The summed E-state index contributed by atoms with van der Waals surface area (Å²) in [5, 5.41) is 12.3. The number of thiazole rings is 1. The van der Waals surface area contributed by atoms with Crippen molar-refractivity contribution in [2.75, 3.05) is 19.5 Å². The van der Waals surface area contributed by atoms with Crippen molar-refractivity contribution in [3.05, 3.63) is 61.9 Å². The normalized spacial score (nSPS) is 10.8. The summed E-state index contributed by atoms with van der Waals surface area (Å²) >= 11 is 13.1. The molecule has 0 radical (unpaired) electrons. The number of carbonyl (C=O) groups is 2. The second kappa shape index (κ2) is 10.8. The first-order chi connectivity index (χ1) is 15.3. The Morgan fingerprint density at radius 1 is 1.28 bits per heavy atom. The van der Waals surface area contributed by atoms with E-state index in [1.165, 1.54) is 23.3 Å². The van der Waals surface area contributed by atoms with Gasteiger partial charge in [-0.1, -0.05) is 34.4 Å². The van der Waals surface area contributed by atoms with Crippen LogP contribution in [0, 0.1) is 6.92 Å². The summed E-state index contributed by atoms with van der Waals surface area (Å²) in [4.78, 5) is 30.9. The third-order valence-electron chi connectivity index (χ3n) is 4.38. The van der Waals surface area contributed by atoms with Crippen LogP contribution in [0.15, 0.2) is 28.1 Å². The molecular formula is C20H21Cl2N5O4S. The van der Waals surface area contributed by atoms with Gasteiger partial charge >= 0.3 is 6.03 Å². The molecule has 0 atom stereocenters. The number of hydrogen-bond acceptors (Lipinski definition) is 7.